The number of hydrogen-bond donors (Lipinski definition) is 1. The topological polar surface area (TPSA) is 38.3 Å². The number of cyclic esters (lactones) is 1. The number of fused-ring (bicyclic) bond motifs is 1. The van der Waals surface area contributed by atoms with Crippen LogP contribution >= 0.6 is 22.6 Å². The van der Waals surface area contributed by atoms with Gasteiger partial charge in [0.15, 0.2) is 0 Å². The molecule has 0 spiro atoms. The fraction of sp³-hybridized carbons (Fsp3) is 0.125. The van der Waals surface area contributed by atoms with Crippen LogP contribution in [-0.2, 0) is 11.3 Å². The van der Waals surface area contributed by atoms with E-state index in [4.69, 9.17) is 4.74 Å². The average molecular weight is 275 g/mol. The van der Waals surface area contributed by atoms with Gasteiger partial charge in [-0.05, 0) is 28.7 Å². The monoisotopic (exact) mass is 275 g/mol. The lowest BCUT2D eigenvalue weighted by molar-refractivity contribution is 0.151. The van der Waals surface area contributed by atoms with E-state index in [1.807, 2.05) is 18.2 Å². The number of para-hydroxylation sites is 1. The summed E-state index contributed by atoms with van der Waals surface area (Å²) in [6.07, 6.45) is -0.369. The van der Waals surface area contributed by atoms with Crippen LogP contribution in [0.4, 0.5) is 10.5 Å². The molecule has 2 rings (SSSR count). The number of rotatable bonds is 0. The molecule has 0 radical (unpaired) electrons. The number of ether oxygens (including phenoxy) is 1. The highest BCUT2D eigenvalue weighted by Crippen LogP contribution is 2.26. The number of hydrogen-bond acceptors (Lipinski definition) is 2. The Hall–Kier alpha value is -0.780. The molecule has 1 aromatic rings. The minimum Gasteiger partial charge on any atom is -0.444 e. The summed E-state index contributed by atoms with van der Waals surface area (Å²) >= 11 is 2.18. The predicted molar refractivity (Wildman–Crippen MR) is 53.0 cm³/mol. The molecule has 0 atom stereocenters. The summed E-state index contributed by atoms with van der Waals surface area (Å²) in [5.41, 5.74) is 1.91. The van der Waals surface area contributed by atoms with E-state index >= 15 is 0 Å². The SMILES string of the molecule is O=C1Nc2c(I)cccc2CO1. The molecular weight excluding hydrogens is 269 g/mol. The Bertz CT molecular complexity index is 338. The van der Waals surface area contributed by atoms with Crippen molar-refractivity contribution in [1.29, 1.82) is 0 Å². The predicted octanol–water partition coefficient (Wildman–Crippen LogP) is 2.35. The maximum atomic E-state index is 10.8. The second-order valence-corrected chi connectivity index (χ2v) is 3.64. The fourth-order valence-electron chi connectivity index (χ4n) is 1.11. The molecule has 1 heterocycles. The van der Waals surface area contributed by atoms with Crippen LogP contribution in [0.25, 0.3) is 0 Å². The molecule has 0 saturated carbocycles. The van der Waals surface area contributed by atoms with Gasteiger partial charge in [-0.1, -0.05) is 12.1 Å². The quantitative estimate of drug-likeness (QED) is 0.738. The molecule has 1 aliphatic heterocycles. The molecule has 1 aliphatic rings. The lowest BCUT2D eigenvalue weighted by Crippen LogP contribution is -2.20. The van der Waals surface area contributed by atoms with Crippen molar-refractivity contribution in [2.75, 3.05) is 5.32 Å². The lowest BCUT2D eigenvalue weighted by Gasteiger charge is -2.17. The summed E-state index contributed by atoms with van der Waals surface area (Å²) < 4.78 is 5.85. The minimum atomic E-state index is -0.369. The van der Waals surface area contributed by atoms with E-state index in [9.17, 15) is 4.79 Å². The van der Waals surface area contributed by atoms with Crippen LogP contribution in [0.5, 0.6) is 0 Å². The van der Waals surface area contributed by atoms with Gasteiger partial charge in [0.1, 0.15) is 6.61 Å². The van der Waals surface area contributed by atoms with Crippen molar-refractivity contribution in [2.45, 2.75) is 6.61 Å². The smallest absolute Gasteiger partial charge is 0.411 e. The Morgan fingerprint density at radius 3 is 3.17 bits per heavy atom. The van der Waals surface area contributed by atoms with Gasteiger partial charge in [-0.15, -0.1) is 0 Å². The largest absolute Gasteiger partial charge is 0.444 e. The molecule has 0 aliphatic carbocycles. The van der Waals surface area contributed by atoms with Crippen molar-refractivity contribution >= 4 is 34.4 Å². The number of carbonyl (C=O) groups excluding carboxylic acids is 1. The lowest BCUT2D eigenvalue weighted by atomic mass is 10.2. The van der Waals surface area contributed by atoms with E-state index in [-0.39, 0.29) is 6.09 Å². The first kappa shape index (κ1) is 7.85. The highest BCUT2D eigenvalue weighted by Gasteiger charge is 2.16. The Labute approximate surface area is 83.2 Å². The van der Waals surface area contributed by atoms with Gasteiger partial charge in [0, 0.05) is 9.13 Å². The molecule has 0 fully saturated rings. The summed E-state index contributed by atoms with van der Waals surface area (Å²) in [7, 11) is 0. The first-order valence-corrected chi connectivity index (χ1v) is 4.56. The highest BCUT2D eigenvalue weighted by atomic mass is 127. The summed E-state index contributed by atoms with van der Waals surface area (Å²) in [6, 6.07) is 5.84. The number of carbonyl (C=O) groups is 1. The maximum Gasteiger partial charge on any atom is 0.411 e. The van der Waals surface area contributed by atoms with E-state index in [1.54, 1.807) is 0 Å². The van der Waals surface area contributed by atoms with Gasteiger partial charge in [0.2, 0.25) is 0 Å². The van der Waals surface area contributed by atoms with Crippen molar-refractivity contribution in [3.63, 3.8) is 0 Å². The Morgan fingerprint density at radius 2 is 2.33 bits per heavy atom. The van der Waals surface area contributed by atoms with Gasteiger partial charge in [-0.3, -0.25) is 5.32 Å². The zero-order valence-corrected chi connectivity index (χ0v) is 8.29. The van der Waals surface area contributed by atoms with E-state index < -0.39 is 0 Å². The number of amides is 1. The molecule has 62 valence electrons. The number of anilines is 1. The number of halogens is 1. The third-order valence-corrected chi connectivity index (χ3v) is 2.58. The fourth-order valence-corrected chi connectivity index (χ4v) is 1.80. The Morgan fingerprint density at radius 1 is 1.50 bits per heavy atom. The van der Waals surface area contributed by atoms with E-state index in [2.05, 4.69) is 27.9 Å². The van der Waals surface area contributed by atoms with Gasteiger partial charge >= 0.3 is 6.09 Å². The van der Waals surface area contributed by atoms with Crippen LogP contribution in [0.15, 0.2) is 18.2 Å². The summed E-state index contributed by atoms with van der Waals surface area (Å²) in [4.78, 5) is 10.8. The molecule has 0 saturated heterocycles. The molecule has 3 nitrogen and oxygen atoms in total. The molecule has 12 heavy (non-hydrogen) atoms. The van der Waals surface area contributed by atoms with E-state index in [0.29, 0.717) is 6.61 Å². The van der Waals surface area contributed by atoms with Gasteiger partial charge in [-0.25, -0.2) is 4.79 Å². The second-order valence-electron chi connectivity index (χ2n) is 2.48. The number of benzene rings is 1. The second kappa shape index (κ2) is 2.93. The molecule has 0 aromatic heterocycles. The summed E-state index contributed by atoms with van der Waals surface area (Å²) in [5.74, 6) is 0. The first-order chi connectivity index (χ1) is 5.77. The first-order valence-electron chi connectivity index (χ1n) is 3.48. The average Bonchev–Trinajstić information content (AvgIpc) is 2.07. The van der Waals surface area contributed by atoms with Gasteiger partial charge in [0.05, 0.1) is 5.69 Å². The van der Waals surface area contributed by atoms with E-state index in [1.165, 1.54) is 0 Å². The van der Waals surface area contributed by atoms with Gasteiger partial charge < -0.3 is 4.74 Å². The normalized spacial score (nSPS) is 14.6. The number of nitrogens with one attached hydrogen (secondary N) is 1. The van der Waals surface area contributed by atoms with Gasteiger partial charge in [0.25, 0.3) is 0 Å². The summed E-state index contributed by atoms with van der Waals surface area (Å²) in [5, 5.41) is 2.66. The molecule has 0 bridgehead atoms. The van der Waals surface area contributed by atoms with Crippen LogP contribution in [0.1, 0.15) is 5.56 Å². The third-order valence-electron chi connectivity index (χ3n) is 1.69. The molecule has 1 aromatic carbocycles. The zero-order chi connectivity index (χ0) is 8.55. The maximum absolute atomic E-state index is 10.8. The zero-order valence-electron chi connectivity index (χ0n) is 6.13. The van der Waals surface area contributed by atoms with Crippen LogP contribution in [-0.4, -0.2) is 6.09 Å². The van der Waals surface area contributed by atoms with Crippen LogP contribution in [0.3, 0.4) is 0 Å². The van der Waals surface area contributed by atoms with Gasteiger partial charge in [-0.2, -0.15) is 0 Å². The summed E-state index contributed by atoms with van der Waals surface area (Å²) in [6.45, 7) is 0.373. The molecular formula is C8H6INO2. The Kier molecular flexibility index (Phi) is 1.92. The van der Waals surface area contributed by atoms with Crippen molar-refractivity contribution in [3.8, 4) is 0 Å². The van der Waals surface area contributed by atoms with Crippen molar-refractivity contribution in [3.05, 3.63) is 27.3 Å². The highest BCUT2D eigenvalue weighted by molar-refractivity contribution is 14.1. The molecule has 4 heteroatoms. The molecule has 1 N–H and O–H groups in total. The van der Waals surface area contributed by atoms with Crippen molar-refractivity contribution in [2.24, 2.45) is 0 Å². The third kappa shape index (κ3) is 1.26. The van der Waals surface area contributed by atoms with Crippen molar-refractivity contribution < 1.29 is 9.53 Å². The Balaban J connectivity index is 2.50. The molecule has 0 unspecified atom stereocenters. The van der Waals surface area contributed by atoms with Crippen LogP contribution < -0.4 is 5.32 Å². The van der Waals surface area contributed by atoms with Crippen LogP contribution in [0.2, 0.25) is 0 Å². The standard InChI is InChI=1S/C8H6INO2/c9-6-3-1-2-5-4-12-8(11)10-7(5)6/h1-3H,4H2,(H,10,11). The van der Waals surface area contributed by atoms with Crippen molar-refractivity contribution in [1.82, 2.24) is 0 Å². The van der Waals surface area contributed by atoms with Crippen LogP contribution in [0, 0.1) is 3.57 Å². The minimum absolute atomic E-state index is 0.369. The van der Waals surface area contributed by atoms with E-state index in [0.717, 1.165) is 14.8 Å². The molecule has 1 amide bonds.